The van der Waals surface area contributed by atoms with Crippen molar-refractivity contribution < 1.29 is 14.3 Å². The van der Waals surface area contributed by atoms with Gasteiger partial charge in [-0.1, -0.05) is 23.7 Å². The van der Waals surface area contributed by atoms with Crippen molar-refractivity contribution in [2.45, 2.75) is 6.92 Å². The zero-order chi connectivity index (χ0) is 14.5. The van der Waals surface area contributed by atoms with E-state index < -0.39 is 0 Å². The minimum Gasteiger partial charge on any atom is -0.495 e. The van der Waals surface area contributed by atoms with E-state index in [1.54, 1.807) is 18.2 Å². The lowest BCUT2D eigenvalue weighted by atomic mass is 10.1. The molecule has 0 spiro atoms. The number of ketones is 1. The monoisotopic (exact) mass is 290 g/mol. The topological polar surface area (TPSA) is 35.5 Å². The molecule has 0 fully saturated rings. The number of benzene rings is 2. The minimum absolute atomic E-state index is 0.0217. The Kier molecular flexibility index (Phi) is 4.64. The highest BCUT2D eigenvalue weighted by molar-refractivity contribution is 6.32. The summed E-state index contributed by atoms with van der Waals surface area (Å²) in [7, 11) is 1.53. The lowest BCUT2D eigenvalue weighted by Crippen LogP contribution is -2.11. The molecule has 0 unspecified atom stereocenters. The van der Waals surface area contributed by atoms with Gasteiger partial charge in [-0.3, -0.25) is 4.79 Å². The number of halogens is 1. The van der Waals surface area contributed by atoms with Gasteiger partial charge in [-0.2, -0.15) is 0 Å². The number of hydrogen-bond donors (Lipinski definition) is 0. The Labute approximate surface area is 123 Å². The fourth-order valence-electron chi connectivity index (χ4n) is 1.78. The largest absolute Gasteiger partial charge is 0.495 e. The first kappa shape index (κ1) is 14.4. The average molecular weight is 291 g/mol. The molecule has 2 aromatic rings. The lowest BCUT2D eigenvalue weighted by molar-refractivity contribution is 0.0921. The van der Waals surface area contributed by atoms with Crippen LogP contribution in [-0.4, -0.2) is 19.5 Å². The molecule has 0 heterocycles. The van der Waals surface area contributed by atoms with Crippen molar-refractivity contribution in [2.24, 2.45) is 0 Å². The van der Waals surface area contributed by atoms with Crippen molar-refractivity contribution in [1.82, 2.24) is 0 Å². The minimum atomic E-state index is -0.129. The highest BCUT2D eigenvalue weighted by Crippen LogP contribution is 2.25. The maximum absolute atomic E-state index is 12.0. The first-order chi connectivity index (χ1) is 9.60. The lowest BCUT2D eigenvalue weighted by Gasteiger charge is -2.08. The summed E-state index contributed by atoms with van der Waals surface area (Å²) in [5, 5.41) is 0.411. The fraction of sp³-hybridized carbons (Fsp3) is 0.188. The van der Waals surface area contributed by atoms with Crippen LogP contribution < -0.4 is 9.47 Å². The number of carbonyl (C=O) groups is 1. The van der Waals surface area contributed by atoms with Crippen LogP contribution in [0.5, 0.6) is 11.5 Å². The standard InChI is InChI=1S/C16H15ClO3/c1-11-4-3-5-13(8-11)20-10-15(18)12-6-7-16(19-2)14(17)9-12/h3-9H,10H2,1-2H3. The molecule has 3 nitrogen and oxygen atoms in total. The summed E-state index contributed by atoms with van der Waals surface area (Å²) in [6, 6.07) is 12.5. The smallest absolute Gasteiger partial charge is 0.200 e. The van der Waals surface area contributed by atoms with Crippen LogP contribution in [0.4, 0.5) is 0 Å². The second-order valence-electron chi connectivity index (χ2n) is 4.38. The zero-order valence-electron chi connectivity index (χ0n) is 11.4. The number of rotatable bonds is 5. The molecule has 0 aliphatic heterocycles. The van der Waals surface area contributed by atoms with Gasteiger partial charge in [0.05, 0.1) is 12.1 Å². The van der Waals surface area contributed by atoms with Gasteiger partial charge < -0.3 is 9.47 Å². The molecule has 0 radical (unpaired) electrons. The fourth-order valence-corrected chi connectivity index (χ4v) is 2.03. The number of Topliss-reactive ketones (excluding diaryl/α,β-unsaturated/α-hetero) is 1. The summed E-state index contributed by atoms with van der Waals surface area (Å²) in [5.41, 5.74) is 1.59. The molecule has 0 N–H and O–H groups in total. The van der Waals surface area contributed by atoms with E-state index in [0.717, 1.165) is 5.56 Å². The van der Waals surface area contributed by atoms with Crippen LogP contribution in [0.2, 0.25) is 5.02 Å². The Morgan fingerprint density at radius 3 is 2.65 bits per heavy atom. The Morgan fingerprint density at radius 2 is 2.00 bits per heavy atom. The van der Waals surface area contributed by atoms with Crippen molar-refractivity contribution >= 4 is 17.4 Å². The van der Waals surface area contributed by atoms with Crippen molar-refractivity contribution in [1.29, 1.82) is 0 Å². The summed E-state index contributed by atoms with van der Waals surface area (Å²) in [6.07, 6.45) is 0. The molecule has 2 aromatic carbocycles. The van der Waals surface area contributed by atoms with Gasteiger partial charge in [0.25, 0.3) is 0 Å². The number of hydrogen-bond acceptors (Lipinski definition) is 3. The molecule has 0 bridgehead atoms. The molecule has 0 aliphatic rings. The molecule has 0 saturated heterocycles. The highest BCUT2D eigenvalue weighted by Gasteiger charge is 2.10. The Hall–Kier alpha value is -2.00. The number of ether oxygens (including phenoxy) is 2. The van der Waals surface area contributed by atoms with Gasteiger partial charge in [-0.05, 0) is 42.8 Å². The second kappa shape index (κ2) is 6.44. The molecule has 104 valence electrons. The summed E-state index contributed by atoms with van der Waals surface area (Å²) in [5.74, 6) is 1.09. The predicted molar refractivity (Wildman–Crippen MR) is 79.0 cm³/mol. The molecule has 0 atom stereocenters. The second-order valence-corrected chi connectivity index (χ2v) is 4.78. The van der Waals surface area contributed by atoms with Crippen LogP contribution in [0.1, 0.15) is 15.9 Å². The quantitative estimate of drug-likeness (QED) is 0.783. The predicted octanol–water partition coefficient (Wildman–Crippen LogP) is 3.92. The van der Waals surface area contributed by atoms with Crippen LogP contribution in [0.15, 0.2) is 42.5 Å². The van der Waals surface area contributed by atoms with Crippen LogP contribution in [0.25, 0.3) is 0 Å². The third-order valence-electron chi connectivity index (χ3n) is 2.83. The van der Waals surface area contributed by atoms with Gasteiger partial charge in [0.15, 0.2) is 12.4 Å². The van der Waals surface area contributed by atoms with E-state index in [4.69, 9.17) is 21.1 Å². The van der Waals surface area contributed by atoms with Gasteiger partial charge in [-0.25, -0.2) is 0 Å². The molecular formula is C16H15ClO3. The van der Waals surface area contributed by atoms with E-state index in [1.165, 1.54) is 7.11 Å². The number of aryl methyl sites for hydroxylation is 1. The van der Waals surface area contributed by atoms with E-state index in [2.05, 4.69) is 0 Å². The molecule has 0 amide bonds. The van der Waals surface area contributed by atoms with Crippen LogP contribution in [0, 0.1) is 6.92 Å². The van der Waals surface area contributed by atoms with Crippen LogP contribution in [-0.2, 0) is 0 Å². The number of methoxy groups -OCH3 is 1. The van der Waals surface area contributed by atoms with Crippen LogP contribution in [0.3, 0.4) is 0 Å². The molecule has 20 heavy (non-hydrogen) atoms. The van der Waals surface area contributed by atoms with Crippen LogP contribution >= 0.6 is 11.6 Å². The van der Waals surface area contributed by atoms with Gasteiger partial charge >= 0.3 is 0 Å². The van der Waals surface area contributed by atoms with E-state index in [9.17, 15) is 4.79 Å². The zero-order valence-corrected chi connectivity index (χ0v) is 12.1. The third-order valence-corrected chi connectivity index (χ3v) is 3.13. The average Bonchev–Trinajstić information content (AvgIpc) is 2.44. The first-order valence-electron chi connectivity index (χ1n) is 6.16. The van der Waals surface area contributed by atoms with E-state index >= 15 is 0 Å². The van der Waals surface area contributed by atoms with Gasteiger partial charge in [0.1, 0.15) is 11.5 Å². The van der Waals surface area contributed by atoms with Crippen molar-refractivity contribution in [3.05, 3.63) is 58.6 Å². The third kappa shape index (κ3) is 3.52. The maximum Gasteiger partial charge on any atom is 0.200 e. The molecule has 4 heteroatoms. The first-order valence-corrected chi connectivity index (χ1v) is 6.54. The van der Waals surface area contributed by atoms with Crippen molar-refractivity contribution in [3.8, 4) is 11.5 Å². The summed E-state index contributed by atoms with van der Waals surface area (Å²) in [4.78, 5) is 12.0. The number of carbonyl (C=O) groups excluding carboxylic acids is 1. The van der Waals surface area contributed by atoms with Crippen molar-refractivity contribution in [2.75, 3.05) is 13.7 Å². The van der Waals surface area contributed by atoms with Gasteiger partial charge in [-0.15, -0.1) is 0 Å². The molecule has 0 aliphatic carbocycles. The normalized spacial score (nSPS) is 10.2. The SMILES string of the molecule is COc1ccc(C(=O)COc2cccc(C)c2)cc1Cl. The van der Waals surface area contributed by atoms with Gasteiger partial charge in [0, 0.05) is 5.56 Å². The Morgan fingerprint density at radius 1 is 1.20 bits per heavy atom. The highest BCUT2D eigenvalue weighted by atomic mass is 35.5. The van der Waals surface area contributed by atoms with Crippen molar-refractivity contribution in [3.63, 3.8) is 0 Å². The summed E-state index contributed by atoms with van der Waals surface area (Å²) >= 11 is 5.99. The van der Waals surface area contributed by atoms with E-state index in [-0.39, 0.29) is 12.4 Å². The Balaban J connectivity index is 2.03. The molecule has 0 saturated carbocycles. The molecule has 0 aromatic heterocycles. The van der Waals surface area contributed by atoms with Gasteiger partial charge in [0.2, 0.25) is 0 Å². The van der Waals surface area contributed by atoms with E-state index in [1.807, 2.05) is 31.2 Å². The summed E-state index contributed by atoms with van der Waals surface area (Å²) < 4.78 is 10.5. The summed E-state index contributed by atoms with van der Waals surface area (Å²) in [6.45, 7) is 1.95. The Bertz CT molecular complexity index is 623. The maximum atomic E-state index is 12.0. The molecular weight excluding hydrogens is 276 g/mol. The molecule has 2 rings (SSSR count). The van der Waals surface area contributed by atoms with E-state index in [0.29, 0.717) is 22.1 Å².